The van der Waals surface area contributed by atoms with Crippen molar-refractivity contribution in [2.24, 2.45) is 0 Å². The summed E-state index contributed by atoms with van der Waals surface area (Å²) in [5.74, 6) is 0. The highest BCUT2D eigenvalue weighted by atomic mass is 32.1. The zero-order chi connectivity index (χ0) is 13.8. The molecule has 0 saturated carbocycles. The van der Waals surface area contributed by atoms with Crippen LogP contribution in [0.1, 0.15) is 29.1 Å². The summed E-state index contributed by atoms with van der Waals surface area (Å²) < 4.78 is 0. The Hall–Kier alpha value is -1.79. The zero-order valence-electron chi connectivity index (χ0n) is 10.8. The van der Waals surface area contributed by atoms with Gasteiger partial charge in [0, 0.05) is 35.8 Å². The Morgan fingerprint density at radius 1 is 1.53 bits per heavy atom. The number of nitrogens with one attached hydrogen (secondary N) is 1. The minimum Gasteiger partial charge on any atom is -0.304 e. The summed E-state index contributed by atoms with van der Waals surface area (Å²) in [5, 5.41) is 17.2. The van der Waals surface area contributed by atoms with Gasteiger partial charge in [0.2, 0.25) is 0 Å². The fourth-order valence-electron chi connectivity index (χ4n) is 1.79. The largest absolute Gasteiger partial charge is 0.304 e. The van der Waals surface area contributed by atoms with E-state index in [-0.39, 0.29) is 16.7 Å². The second-order valence-corrected chi connectivity index (χ2v) is 5.31. The Kier molecular flexibility index (Phi) is 4.24. The molecule has 0 spiro atoms. The van der Waals surface area contributed by atoms with Gasteiger partial charge in [0.25, 0.3) is 5.69 Å². The summed E-state index contributed by atoms with van der Waals surface area (Å²) in [6.45, 7) is 4.40. The lowest BCUT2D eigenvalue weighted by Crippen LogP contribution is -2.18. The molecular formula is C13H15N3O2S. The molecule has 0 aliphatic heterocycles. The number of benzene rings is 1. The van der Waals surface area contributed by atoms with E-state index >= 15 is 0 Å². The lowest BCUT2D eigenvalue weighted by Gasteiger charge is -2.13. The topological polar surface area (TPSA) is 68.1 Å². The molecule has 0 aliphatic rings. The van der Waals surface area contributed by atoms with Gasteiger partial charge in [-0.3, -0.25) is 10.1 Å². The average Bonchev–Trinajstić information content (AvgIpc) is 2.89. The fourth-order valence-corrected chi connectivity index (χ4v) is 2.36. The van der Waals surface area contributed by atoms with E-state index in [1.54, 1.807) is 36.6 Å². The molecule has 2 aromatic rings. The molecule has 0 aliphatic carbocycles. The predicted molar refractivity (Wildman–Crippen MR) is 75.2 cm³/mol. The molecule has 100 valence electrons. The second-order valence-electron chi connectivity index (χ2n) is 4.33. The summed E-state index contributed by atoms with van der Waals surface area (Å²) in [5.41, 5.74) is 1.76. The van der Waals surface area contributed by atoms with E-state index in [0.29, 0.717) is 12.1 Å². The molecule has 0 radical (unpaired) electrons. The van der Waals surface area contributed by atoms with Crippen molar-refractivity contribution in [3.63, 3.8) is 0 Å². The molecule has 1 atom stereocenters. The van der Waals surface area contributed by atoms with Gasteiger partial charge in [0.05, 0.1) is 4.92 Å². The molecular weight excluding hydrogens is 262 g/mol. The Morgan fingerprint density at radius 3 is 2.95 bits per heavy atom. The number of aromatic nitrogens is 1. The third kappa shape index (κ3) is 3.36. The minimum atomic E-state index is -0.341. The van der Waals surface area contributed by atoms with Crippen molar-refractivity contribution in [1.82, 2.24) is 10.3 Å². The zero-order valence-corrected chi connectivity index (χ0v) is 11.6. The van der Waals surface area contributed by atoms with E-state index < -0.39 is 0 Å². The van der Waals surface area contributed by atoms with Crippen molar-refractivity contribution < 1.29 is 4.92 Å². The molecule has 1 aromatic heterocycles. The van der Waals surface area contributed by atoms with Crippen molar-refractivity contribution in [2.45, 2.75) is 26.4 Å². The van der Waals surface area contributed by atoms with Gasteiger partial charge in [-0.1, -0.05) is 12.1 Å². The summed E-state index contributed by atoms with van der Waals surface area (Å²) in [4.78, 5) is 14.8. The third-order valence-corrected chi connectivity index (χ3v) is 3.75. The van der Waals surface area contributed by atoms with Crippen LogP contribution in [0.15, 0.2) is 29.8 Å². The number of rotatable bonds is 5. The maximum Gasteiger partial charge on any atom is 0.272 e. The van der Waals surface area contributed by atoms with Crippen LogP contribution in [-0.2, 0) is 6.54 Å². The quantitative estimate of drug-likeness (QED) is 0.673. The minimum absolute atomic E-state index is 0.0446. The van der Waals surface area contributed by atoms with E-state index in [9.17, 15) is 10.1 Å². The van der Waals surface area contributed by atoms with Crippen molar-refractivity contribution in [1.29, 1.82) is 0 Å². The third-order valence-electron chi connectivity index (χ3n) is 2.97. The second kappa shape index (κ2) is 5.90. The molecule has 19 heavy (non-hydrogen) atoms. The van der Waals surface area contributed by atoms with E-state index in [4.69, 9.17) is 0 Å². The average molecular weight is 277 g/mol. The first-order chi connectivity index (χ1) is 9.08. The van der Waals surface area contributed by atoms with E-state index in [2.05, 4.69) is 10.3 Å². The fraction of sp³-hybridized carbons (Fsp3) is 0.308. The van der Waals surface area contributed by atoms with Crippen LogP contribution in [0.2, 0.25) is 0 Å². The molecule has 1 unspecified atom stereocenters. The Balaban J connectivity index is 2.08. The van der Waals surface area contributed by atoms with Crippen LogP contribution in [0.5, 0.6) is 0 Å². The number of thiazole rings is 1. The molecule has 0 saturated heterocycles. The predicted octanol–water partition coefficient (Wildman–Crippen LogP) is 3.21. The first-order valence-corrected chi connectivity index (χ1v) is 6.82. The van der Waals surface area contributed by atoms with Crippen LogP contribution in [-0.4, -0.2) is 9.91 Å². The van der Waals surface area contributed by atoms with Gasteiger partial charge in [-0.05, 0) is 19.4 Å². The van der Waals surface area contributed by atoms with E-state index in [1.807, 2.05) is 18.4 Å². The van der Waals surface area contributed by atoms with Crippen molar-refractivity contribution in [2.75, 3.05) is 0 Å². The molecule has 0 fully saturated rings. The maximum absolute atomic E-state index is 10.9. The number of hydrogen-bond donors (Lipinski definition) is 1. The van der Waals surface area contributed by atoms with Gasteiger partial charge >= 0.3 is 0 Å². The molecule has 1 heterocycles. The monoisotopic (exact) mass is 277 g/mol. The summed E-state index contributed by atoms with van der Waals surface area (Å²) in [6, 6.07) is 5.38. The van der Waals surface area contributed by atoms with Crippen LogP contribution < -0.4 is 5.32 Å². The van der Waals surface area contributed by atoms with Gasteiger partial charge in [-0.15, -0.1) is 11.3 Å². The maximum atomic E-state index is 10.9. The van der Waals surface area contributed by atoms with Crippen LogP contribution in [0, 0.1) is 17.0 Å². The first-order valence-electron chi connectivity index (χ1n) is 5.94. The molecule has 5 nitrogen and oxygen atoms in total. The highest BCUT2D eigenvalue weighted by molar-refractivity contribution is 7.09. The van der Waals surface area contributed by atoms with Gasteiger partial charge in [0.15, 0.2) is 0 Å². The molecule has 1 N–H and O–H groups in total. The molecule has 1 aromatic carbocycles. The Morgan fingerprint density at radius 2 is 2.32 bits per heavy atom. The molecule has 0 amide bonds. The SMILES string of the molecule is Cc1ccc(C(C)NCc2nccs2)cc1[N+](=O)[O-]. The van der Waals surface area contributed by atoms with E-state index in [0.717, 1.165) is 10.6 Å². The van der Waals surface area contributed by atoms with E-state index in [1.165, 1.54) is 0 Å². The highest BCUT2D eigenvalue weighted by Crippen LogP contribution is 2.23. The van der Waals surface area contributed by atoms with Gasteiger partial charge in [0.1, 0.15) is 5.01 Å². The van der Waals surface area contributed by atoms with Gasteiger partial charge < -0.3 is 5.32 Å². The van der Waals surface area contributed by atoms with Crippen LogP contribution in [0.3, 0.4) is 0 Å². The molecule has 6 heteroatoms. The smallest absolute Gasteiger partial charge is 0.272 e. The number of nitro benzene ring substituents is 1. The number of nitrogens with zero attached hydrogens (tertiary/aromatic N) is 2. The molecule has 0 bridgehead atoms. The van der Waals surface area contributed by atoms with Crippen molar-refractivity contribution in [3.05, 3.63) is 56.0 Å². The summed E-state index contributed by atoms with van der Waals surface area (Å²) >= 11 is 1.59. The van der Waals surface area contributed by atoms with Gasteiger partial charge in [-0.2, -0.15) is 0 Å². The Labute approximate surface area is 115 Å². The number of aryl methyl sites for hydroxylation is 1. The Bertz CT molecular complexity index is 569. The number of nitro groups is 1. The highest BCUT2D eigenvalue weighted by Gasteiger charge is 2.14. The van der Waals surface area contributed by atoms with Crippen LogP contribution in [0.4, 0.5) is 5.69 Å². The normalized spacial score (nSPS) is 12.3. The van der Waals surface area contributed by atoms with Gasteiger partial charge in [-0.25, -0.2) is 4.98 Å². The van der Waals surface area contributed by atoms with Crippen LogP contribution >= 0.6 is 11.3 Å². The molecule has 2 rings (SSSR count). The van der Waals surface area contributed by atoms with Crippen molar-refractivity contribution >= 4 is 17.0 Å². The first kappa shape index (κ1) is 13.6. The van der Waals surface area contributed by atoms with Crippen molar-refractivity contribution in [3.8, 4) is 0 Å². The number of hydrogen-bond acceptors (Lipinski definition) is 5. The van der Waals surface area contributed by atoms with Crippen LogP contribution in [0.25, 0.3) is 0 Å². The lowest BCUT2D eigenvalue weighted by molar-refractivity contribution is -0.385. The lowest BCUT2D eigenvalue weighted by atomic mass is 10.0. The standard InChI is InChI=1S/C13H15N3O2S/c1-9-3-4-11(7-12(9)16(17)18)10(2)15-8-13-14-5-6-19-13/h3-7,10,15H,8H2,1-2H3. The summed E-state index contributed by atoms with van der Waals surface area (Å²) in [6.07, 6.45) is 1.77. The summed E-state index contributed by atoms with van der Waals surface area (Å²) in [7, 11) is 0.